The van der Waals surface area contributed by atoms with Crippen LogP contribution < -0.4 is 10.6 Å². The fourth-order valence-corrected chi connectivity index (χ4v) is 2.93. The van der Waals surface area contributed by atoms with Gasteiger partial charge in [0.25, 0.3) is 0 Å². The number of nitrogens with zero attached hydrogens (tertiary/aromatic N) is 2. The van der Waals surface area contributed by atoms with Crippen molar-refractivity contribution < 1.29 is 9.18 Å². The molecule has 148 valence electrons. The Morgan fingerprint density at radius 1 is 1.07 bits per heavy atom. The molecule has 2 amide bonds. The standard InChI is InChI=1S/C24H19FN4O/c1-17-2-9-22(15-20(17)6-3-18-4-7-21(25)8-5-18)28-24(30)27-16-19-10-12-29-13-11-26-23(29)14-19/h2,4-5,7-15H,16H2,1H3,(H2,27,28,30). The van der Waals surface area contributed by atoms with Crippen LogP contribution in [0.25, 0.3) is 5.65 Å². The zero-order chi connectivity index (χ0) is 20.9. The summed E-state index contributed by atoms with van der Waals surface area (Å²) in [6.07, 6.45) is 5.50. The number of fused-ring (bicyclic) bond motifs is 1. The highest BCUT2D eigenvalue weighted by Crippen LogP contribution is 2.15. The van der Waals surface area contributed by atoms with Gasteiger partial charge in [-0.25, -0.2) is 14.2 Å². The molecule has 2 aromatic heterocycles. The lowest BCUT2D eigenvalue weighted by Crippen LogP contribution is -2.28. The highest BCUT2D eigenvalue weighted by atomic mass is 19.1. The molecule has 0 aliphatic rings. The number of benzene rings is 2. The van der Waals surface area contributed by atoms with Crippen LogP contribution in [0, 0.1) is 24.6 Å². The number of pyridine rings is 1. The Balaban J connectivity index is 1.40. The molecule has 0 fully saturated rings. The van der Waals surface area contributed by atoms with Crippen LogP contribution in [0.3, 0.4) is 0 Å². The summed E-state index contributed by atoms with van der Waals surface area (Å²) in [5.74, 6) is 5.80. The first kappa shape index (κ1) is 19.2. The number of carbonyl (C=O) groups excluding carboxylic acids is 1. The van der Waals surface area contributed by atoms with E-state index >= 15 is 0 Å². The molecule has 2 aromatic carbocycles. The largest absolute Gasteiger partial charge is 0.334 e. The number of rotatable bonds is 3. The lowest BCUT2D eigenvalue weighted by Gasteiger charge is -2.09. The van der Waals surface area contributed by atoms with Crippen LogP contribution in [0.2, 0.25) is 0 Å². The zero-order valence-electron chi connectivity index (χ0n) is 16.3. The highest BCUT2D eigenvalue weighted by Gasteiger charge is 2.05. The number of hydrogen-bond acceptors (Lipinski definition) is 2. The topological polar surface area (TPSA) is 58.4 Å². The third kappa shape index (κ3) is 4.65. The van der Waals surface area contributed by atoms with Crippen LogP contribution in [0.5, 0.6) is 0 Å². The van der Waals surface area contributed by atoms with E-state index in [-0.39, 0.29) is 11.8 Å². The number of imidazole rings is 1. The van der Waals surface area contributed by atoms with Crippen molar-refractivity contribution in [3.05, 3.63) is 101 Å². The second-order valence-corrected chi connectivity index (χ2v) is 6.82. The van der Waals surface area contributed by atoms with E-state index in [1.807, 2.05) is 54.0 Å². The van der Waals surface area contributed by atoms with Gasteiger partial charge in [-0.15, -0.1) is 0 Å². The maximum atomic E-state index is 13.0. The van der Waals surface area contributed by atoms with Crippen LogP contribution >= 0.6 is 0 Å². The van der Waals surface area contributed by atoms with Gasteiger partial charge in [-0.3, -0.25) is 0 Å². The molecule has 6 heteroatoms. The Morgan fingerprint density at radius 3 is 2.73 bits per heavy atom. The van der Waals surface area contributed by atoms with E-state index in [0.717, 1.165) is 27.9 Å². The predicted molar refractivity (Wildman–Crippen MR) is 115 cm³/mol. The lowest BCUT2D eigenvalue weighted by atomic mass is 10.1. The van der Waals surface area contributed by atoms with Gasteiger partial charge in [-0.2, -0.15) is 0 Å². The summed E-state index contributed by atoms with van der Waals surface area (Å²) >= 11 is 0. The van der Waals surface area contributed by atoms with Crippen molar-refractivity contribution in [1.29, 1.82) is 0 Å². The molecule has 2 N–H and O–H groups in total. The Hall–Kier alpha value is -4.11. The molecule has 2 heterocycles. The van der Waals surface area contributed by atoms with Gasteiger partial charge >= 0.3 is 6.03 Å². The molecule has 5 nitrogen and oxygen atoms in total. The van der Waals surface area contributed by atoms with Crippen molar-refractivity contribution >= 4 is 17.4 Å². The summed E-state index contributed by atoms with van der Waals surface area (Å²) in [6.45, 7) is 2.34. The first-order valence-electron chi connectivity index (χ1n) is 9.41. The van der Waals surface area contributed by atoms with Crippen molar-refractivity contribution in [2.24, 2.45) is 0 Å². The average Bonchev–Trinajstić information content (AvgIpc) is 3.22. The number of amides is 2. The second-order valence-electron chi connectivity index (χ2n) is 6.82. The lowest BCUT2D eigenvalue weighted by molar-refractivity contribution is 0.251. The van der Waals surface area contributed by atoms with E-state index in [9.17, 15) is 9.18 Å². The number of aromatic nitrogens is 2. The molecule has 0 bridgehead atoms. The molecule has 30 heavy (non-hydrogen) atoms. The molecule has 4 rings (SSSR count). The minimum atomic E-state index is -0.306. The summed E-state index contributed by atoms with van der Waals surface area (Å²) in [7, 11) is 0. The SMILES string of the molecule is Cc1ccc(NC(=O)NCc2ccn3ccnc3c2)cc1C#Cc1ccc(F)cc1. The average molecular weight is 398 g/mol. The van der Waals surface area contributed by atoms with Crippen LogP contribution in [-0.4, -0.2) is 15.4 Å². The molecular formula is C24H19FN4O. The van der Waals surface area contributed by atoms with Crippen molar-refractivity contribution in [2.75, 3.05) is 5.32 Å². The first-order valence-corrected chi connectivity index (χ1v) is 9.41. The first-order chi connectivity index (χ1) is 14.6. The van der Waals surface area contributed by atoms with E-state index in [0.29, 0.717) is 12.2 Å². The molecule has 0 aliphatic heterocycles. The predicted octanol–water partition coefficient (Wildman–Crippen LogP) is 4.50. The number of urea groups is 1. The quantitative estimate of drug-likeness (QED) is 0.499. The van der Waals surface area contributed by atoms with Gasteiger partial charge in [0.1, 0.15) is 11.5 Å². The van der Waals surface area contributed by atoms with E-state index in [1.165, 1.54) is 12.1 Å². The van der Waals surface area contributed by atoms with Crippen molar-refractivity contribution in [3.8, 4) is 11.8 Å². The molecule has 0 aliphatic carbocycles. The summed E-state index contributed by atoms with van der Waals surface area (Å²) in [6, 6.07) is 15.1. The summed E-state index contributed by atoms with van der Waals surface area (Å²) in [5.41, 5.74) is 4.94. The van der Waals surface area contributed by atoms with Crippen LogP contribution in [0.1, 0.15) is 22.3 Å². The highest BCUT2D eigenvalue weighted by molar-refractivity contribution is 5.89. The number of hydrogen-bond donors (Lipinski definition) is 2. The molecule has 0 atom stereocenters. The Labute approximate surface area is 173 Å². The maximum Gasteiger partial charge on any atom is 0.319 e. The molecule has 0 saturated heterocycles. The summed E-state index contributed by atoms with van der Waals surface area (Å²) in [4.78, 5) is 16.5. The number of anilines is 1. The normalized spacial score (nSPS) is 10.3. The zero-order valence-corrected chi connectivity index (χ0v) is 16.3. The molecule has 4 aromatic rings. The van der Waals surface area contributed by atoms with Crippen molar-refractivity contribution in [1.82, 2.24) is 14.7 Å². The number of aryl methyl sites for hydroxylation is 1. The van der Waals surface area contributed by atoms with Crippen molar-refractivity contribution in [2.45, 2.75) is 13.5 Å². The minimum Gasteiger partial charge on any atom is -0.334 e. The Kier molecular flexibility index (Phi) is 5.44. The van der Waals surface area contributed by atoms with E-state index in [2.05, 4.69) is 27.5 Å². The van der Waals surface area contributed by atoms with Gasteiger partial charge in [0.05, 0.1) is 0 Å². The Bertz CT molecular complexity index is 1270. The number of nitrogens with one attached hydrogen (secondary N) is 2. The van der Waals surface area contributed by atoms with Gasteiger partial charge in [0, 0.05) is 41.9 Å². The van der Waals surface area contributed by atoms with Gasteiger partial charge in [0.15, 0.2) is 0 Å². The fraction of sp³-hybridized carbons (Fsp3) is 0.0833. The Morgan fingerprint density at radius 2 is 1.90 bits per heavy atom. The number of carbonyl (C=O) groups is 1. The summed E-state index contributed by atoms with van der Waals surface area (Å²) in [5, 5.41) is 5.67. The molecular weight excluding hydrogens is 379 g/mol. The fourth-order valence-electron chi connectivity index (χ4n) is 2.93. The van der Waals surface area contributed by atoms with Gasteiger partial charge in [-0.05, 0) is 66.6 Å². The third-order valence-corrected chi connectivity index (χ3v) is 4.60. The van der Waals surface area contributed by atoms with E-state index in [1.54, 1.807) is 18.3 Å². The summed E-state index contributed by atoms with van der Waals surface area (Å²) < 4.78 is 14.9. The molecule has 0 unspecified atom stereocenters. The van der Waals surface area contributed by atoms with Crippen LogP contribution in [0.15, 0.2) is 73.2 Å². The minimum absolute atomic E-state index is 0.293. The van der Waals surface area contributed by atoms with E-state index < -0.39 is 0 Å². The van der Waals surface area contributed by atoms with Crippen LogP contribution in [0.4, 0.5) is 14.9 Å². The van der Waals surface area contributed by atoms with Gasteiger partial charge in [0.2, 0.25) is 0 Å². The van der Waals surface area contributed by atoms with Crippen molar-refractivity contribution in [3.63, 3.8) is 0 Å². The monoisotopic (exact) mass is 398 g/mol. The molecule has 0 radical (unpaired) electrons. The molecule has 0 spiro atoms. The van der Waals surface area contributed by atoms with E-state index in [4.69, 9.17) is 0 Å². The number of halogens is 1. The van der Waals surface area contributed by atoms with Crippen LogP contribution in [-0.2, 0) is 6.54 Å². The molecule has 0 saturated carbocycles. The second kappa shape index (κ2) is 8.50. The van der Waals surface area contributed by atoms with Gasteiger partial charge < -0.3 is 15.0 Å². The van der Waals surface area contributed by atoms with Gasteiger partial charge in [-0.1, -0.05) is 17.9 Å². The third-order valence-electron chi connectivity index (χ3n) is 4.60. The smallest absolute Gasteiger partial charge is 0.319 e. The maximum absolute atomic E-state index is 13.0.